The Hall–Kier alpha value is -2.96. The Kier molecular flexibility index (Phi) is 10.7. The molecule has 0 spiro atoms. The quantitative estimate of drug-likeness (QED) is 0.256. The fourth-order valence-corrected chi connectivity index (χ4v) is 5.06. The molecular weight excluding hydrogens is 603 g/mol. The lowest BCUT2D eigenvalue weighted by Crippen LogP contribution is -2.55. The van der Waals surface area contributed by atoms with Crippen molar-refractivity contribution in [2.45, 2.75) is 45.1 Å². The number of amides is 2. The maximum atomic E-state index is 13.4. The van der Waals surface area contributed by atoms with Gasteiger partial charge in [0.05, 0.1) is 23.3 Å². The lowest BCUT2D eigenvalue weighted by Gasteiger charge is -2.41. The minimum atomic E-state index is -1.18. The highest BCUT2D eigenvalue weighted by Gasteiger charge is 2.41. The summed E-state index contributed by atoms with van der Waals surface area (Å²) in [7, 11) is 1.44. The van der Waals surface area contributed by atoms with E-state index in [0.717, 1.165) is 5.56 Å². The summed E-state index contributed by atoms with van der Waals surface area (Å²) >= 11 is 2.01. The Morgan fingerprint density at radius 2 is 1.95 bits per heavy atom. The van der Waals surface area contributed by atoms with Crippen molar-refractivity contribution in [2.24, 2.45) is 5.92 Å². The Morgan fingerprint density at radius 1 is 1.24 bits per heavy atom. The second-order valence-corrected chi connectivity index (χ2v) is 10.4. The molecule has 3 atom stereocenters. The zero-order valence-corrected chi connectivity index (χ0v) is 23.8. The van der Waals surface area contributed by atoms with Crippen molar-refractivity contribution < 1.29 is 34.1 Å². The van der Waals surface area contributed by atoms with Gasteiger partial charge in [0, 0.05) is 36.6 Å². The molecule has 1 aliphatic rings. The first-order valence-electron chi connectivity index (χ1n) is 12.3. The number of aldehydes is 1. The van der Waals surface area contributed by atoms with E-state index in [4.69, 9.17) is 9.47 Å². The zero-order valence-electron chi connectivity index (χ0n) is 21.6. The number of carbonyl (C=O) groups is 3. The van der Waals surface area contributed by atoms with Crippen LogP contribution in [0, 0.1) is 9.49 Å². The number of halogens is 1. The minimum Gasteiger partial charge on any atom is -0.493 e. The van der Waals surface area contributed by atoms with E-state index in [2.05, 4.69) is 5.32 Å². The number of hydrogen-bond donors (Lipinski definition) is 3. The van der Waals surface area contributed by atoms with Crippen LogP contribution in [-0.2, 0) is 16.1 Å². The fourth-order valence-electron chi connectivity index (χ4n) is 4.31. The van der Waals surface area contributed by atoms with Crippen molar-refractivity contribution in [3.05, 3.63) is 68.8 Å². The molecule has 3 N–H and O–H groups in total. The van der Waals surface area contributed by atoms with Crippen LogP contribution in [0.2, 0.25) is 0 Å². The number of nitrogens with one attached hydrogen (secondary N) is 1. The molecule has 9 nitrogen and oxygen atoms in total. The second-order valence-electron chi connectivity index (χ2n) is 9.27. The first-order chi connectivity index (χ1) is 18.2. The number of hydrogen-bond acceptors (Lipinski definition) is 7. The molecule has 0 fully saturated rings. The van der Waals surface area contributed by atoms with Crippen LogP contribution in [0.15, 0.2) is 54.1 Å². The second kappa shape index (κ2) is 13.7. The largest absolute Gasteiger partial charge is 0.493 e. The minimum absolute atomic E-state index is 0.0620. The Bertz CT molecular complexity index is 1170. The summed E-state index contributed by atoms with van der Waals surface area (Å²) < 4.78 is 12.2. The van der Waals surface area contributed by atoms with E-state index in [1.54, 1.807) is 24.8 Å². The van der Waals surface area contributed by atoms with Gasteiger partial charge in [-0.3, -0.25) is 14.4 Å². The average Bonchev–Trinajstić information content (AvgIpc) is 2.92. The van der Waals surface area contributed by atoms with Crippen LogP contribution in [0.25, 0.3) is 0 Å². The summed E-state index contributed by atoms with van der Waals surface area (Å²) in [6.07, 6.45) is 0.149. The number of rotatable bonds is 11. The van der Waals surface area contributed by atoms with E-state index < -0.39 is 24.2 Å². The summed E-state index contributed by atoms with van der Waals surface area (Å²) in [5.41, 5.74) is 1.61. The molecule has 3 rings (SSSR count). The Labute approximate surface area is 236 Å². The number of ether oxygens (including phenoxy) is 2. The third kappa shape index (κ3) is 7.12. The number of nitrogens with zero attached hydrogens (tertiary/aromatic N) is 1. The van der Waals surface area contributed by atoms with Crippen LogP contribution in [-0.4, -0.2) is 71.7 Å². The molecule has 10 heteroatoms. The summed E-state index contributed by atoms with van der Waals surface area (Å²) in [4.78, 5) is 39.3. The van der Waals surface area contributed by atoms with Gasteiger partial charge in [-0.15, -0.1) is 0 Å². The highest BCUT2D eigenvalue weighted by Crippen LogP contribution is 2.37. The van der Waals surface area contributed by atoms with E-state index in [1.165, 1.54) is 19.3 Å². The molecule has 0 bridgehead atoms. The molecule has 204 valence electrons. The van der Waals surface area contributed by atoms with Gasteiger partial charge in [-0.1, -0.05) is 44.2 Å². The van der Waals surface area contributed by atoms with Crippen LogP contribution in [0.5, 0.6) is 11.5 Å². The maximum Gasteiger partial charge on any atom is 0.247 e. The van der Waals surface area contributed by atoms with E-state index in [0.29, 0.717) is 32.5 Å². The van der Waals surface area contributed by atoms with Gasteiger partial charge in [-0.05, 0) is 46.4 Å². The molecule has 38 heavy (non-hydrogen) atoms. The normalized spacial score (nSPS) is 18.9. The number of carbonyl (C=O) groups excluding carboxylic acids is 3. The van der Waals surface area contributed by atoms with Crippen molar-refractivity contribution in [1.29, 1.82) is 0 Å². The topological polar surface area (TPSA) is 125 Å². The molecule has 2 aromatic carbocycles. The van der Waals surface area contributed by atoms with Crippen LogP contribution in [0.1, 0.15) is 36.2 Å². The van der Waals surface area contributed by atoms with E-state index in [1.807, 2.05) is 52.9 Å². The lowest BCUT2D eigenvalue weighted by atomic mass is 9.87. The van der Waals surface area contributed by atoms with Crippen molar-refractivity contribution in [1.82, 2.24) is 10.2 Å². The SMILES string of the molecule is COc1cc(C=O)cc(I)c1OC1C=C(C(=O)NCCO)CC(N(Cc2ccccc2)C(=O)C(C)C)C1O. The third-order valence-corrected chi connectivity index (χ3v) is 7.03. The Morgan fingerprint density at radius 3 is 2.55 bits per heavy atom. The van der Waals surface area contributed by atoms with Crippen molar-refractivity contribution in [3.8, 4) is 11.5 Å². The third-order valence-electron chi connectivity index (χ3n) is 6.23. The van der Waals surface area contributed by atoms with Crippen LogP contribution in [0.3, 0.4) is 0 Å². The molecule has 0 aliphatic heterocycles. The molecule has 2 aromatic rings. The van der Waals surface area contributed by atoms with Crippen molar-refractivity contribution in [3.63, 3.8) is 0 Å². The van der Waals surface area contributed by atoms with Crippen molar-refractivity contribution in [2.75, 3.05) is 20.3 Å². The molecule has 3 unspecified atom stereocenters. The number of benzene rings is 2. The van der Waals surface area contributed by atoms with Crippen LogP contribution in [0.4, 0.5) is 0 Å². The van der Waals surface area contributed by atoms with E-state index in [9.17, 15) is 24.6 Å². The Balaban J connectivity index is 2.04. The number of aliphatic hydroxyl groups is 2. The fraction of sp³-hybridized carbons (Fsp3) is 0.393. The highest BCUT2D eigenvalue weighted by molar-refractivity contribution is 14.1. The monoisotopic (exact) mass is 636 g/mol. The first-order valence-corrected chi connectivity index (χ1v) is 13.4. The molecule has 0 radical (unpaired) electrons. The van der Waals surface area contributed by atoms with Crippen LogP contribution >= 0.6 is 22.6 Å². The van der Waals surface area contributed by atoms with Gasteiger partial charge in [0.1, 0.15) is 18.5 Å². The summed E-state index contributed by atoms with van der Waals surface area (Å²) in [5.74, 6) is -0.331. The maximum absolute atomic E-state index is 13.4. The molecule has 0 heterocycles. The molecule has 0 aromatic heterocycles. The molecule has 1 aliphatic carbocycles. The van der Waals surface area contributed by atoms with Crippen molar-refractivity contribution >= 4 is 40.7 Å². The van der Waals surface area contributed by atoms with E-state index >= 15 is 0 Å². The van der Waals surface area contributed by atoms with Gasteiger partial charge >= 0.3 is 0 Å². The smallest absolute Gasteiger partial charge is 0.247 e. The van der Waals surface area contributed by atoms with Gasteiger partial charge < -0.3 is 29.9 Å². The van der Waals surface area contributed by atoms with Gasteiger partial charge in [0.25, 0.3) is 0 Å². The summed E-state index contributed by atoms with van der Waals surface area (Å²) in [5, 5.41) is 23.4. The molecule has 0 saturated carbocycles. The highest BCUT2D eigenvalue weighted by atomic mass is 127. The van der Waals surface area contributed by atoms with E-state index in [-0.39, 0.29) is 37.9 Å². The zero-order chi connectivity index (χ0) is 27.8. The number of aliphatic hydroxyl groups excluding tert-OH is 2. The van der Waals surface area contributed by atoms with Gasteiger partial charge in [-0.25, -0.2) is 0 Å². The number of methoxy groups -OCH3 is 1. The molecular formula is C28H33IN2O7. The summed E-state index contributed by atoms with van der Waals surface area (Å²) in [6, 6.07) is 11.8. The average molecular weight is 636 g/mol. The standard InChI is InChI=1S/C28H33IN2O7/c1-17(2)28(36)31(15-18-7-5-4-6-8-18)22-13-20(27(35)30-9-10-32)14-23(25(22)34)38-26-21(29)11-19(16-33)12-24(26)37-3/h4-8,11-12,14,16-17,22-23,25,32,34H,9-10,13,15H2,1-3H3,(H,30,35). The van der Waals surface area contributed by atoms with Gasteiger partial charge in [-0.2, -0.15) is 0 Å². The first kappa shape index (κ1) is 29.6. The summed E-state index contributed by atoms with van der Waals surface area (Å²) in [6.45, 7) is 3.65. The lowest BCUT2D eigenvalue weighted by molar-refractivity contribution is -0.142. The molecule has 2 amide bonds. The molecule has 0 saturated heterocycles. The predicted octanol–water partition coefficient (Wildman–Crippen LogP) is 2.71. The van der Waals surface area contributed by atoms with Crippen LogP contribution < -0.4 is 14.8 Å². The van der Waals surface area contributed by atoms with Gasteiger partial charge in [0.2, 0.25) is 11.8 Å². The predicted molar refractivity (Wildman–Crippen MR) is 150 cm³/mol. The van der Waals surface area contributed by atoms with Gasteiger partial charge in [0.15, 0.2) is 11.5 Å².